The fourth-order valence-electron chi connectivity index (χ4n) is 3.84. The Morgan fingerprint density at radius 1 is 0.926 bits per heavy atom. The molecule has 0 aromatic heterocycles. The third-order valence-corrected chi connectivity index (χ3v) is 5.23. The summed E-state index contributed by atoms with van der Waals surface area (Å²) in [6.07, 6.45) is 0. The van der Waals surface area contributed by atoms with Crippen LogP contribution in [0.15, 0.2) is 42.5 Å². The number of rotatable bonds is 3. The molecule has 1 saturated heterocycles. The second kappa shape index (κ2) is 6.61. The van der Waals surface area contributed by atoms with Gasteiger partial charge >= 0.3 is 0 Å². The highest BCUT2D eigenvalue weighted by molar-refractivity contribution is 6.15. The highest BCUT2D eigenvalue weighted by Crippen LogP contribution is 2.41. The second-order valence-corrected chi connectivity index (χ2v) is 8.06. The number of benzene rings is 2. The number of hydrogen-bond donors (Lipinski definition) is 0. The molecule has 0 radical (unpaired) electrons. The van der Waals surface area contributed by atoms with E-state index in [2.05, 4.69) is 0 Å². The summed E-state index contributed by atoms with van der Waals surface area (Å²) in [6.45, 7) is 8.86. The quantitative estimate of drug-likeness (QED) is 0.752. The van der Waals surface area contributed by atoms with Gasteiger partial charge in [-0.15, -0.1) is 0 Å². The number of Topliss-reactive ketones (excluding diaryl/α,β-unsaturated/α-hetero) is 2. The molecule has 0 amide bonds. The van der Waals surface area contributed by atoms with Gasteiger partial charge in [-0.1, -0.05) is 30.3 Å². The van der Waals surface area contributed by atoms with Crippen LogP contribution in [0.25, 0.3) is 11.1 Å². The lowest BCUT2D eigenvalue weighted by atomic mass is 9.73. The largest absolute Gasteiger partial charge is 0.496 e. The number of carbonyl (C=O) groups excluding carboxylic acids is 2. The Bertz CT molecular complexity index is 882. The number of ether oxygens (including phenoxy) is 2. The SMILES string of the molecule is COc1ccccc1-c1ccc(C)c(C2C(=O)C(C)(C)OC(C)(C)C2=O)c1. The van der Waals surface area contributed by atoms with Crippen molar-refractivity contribution in [3.63, 3.8) is 0 Å². The maximum atomic E-state index is 13.1. The minimum Gasteiger partial charge on any atom is -0.496 e. The molecule has 3 rings (SSSR count). The van der Waals surface area contributed by atoms with Crippen LogP contribution in [0, 0.1) is 6.92 Å². The van der Waals surface area contributed by atoms with Crippen molar-refractivity contribution < 1.29 is 19.1 Å². The van der Waals surface area contributed by atoms with Crippen LogP contribution in [-0.4, -0.2) is 29.9 Å². The molecule has 1 fully saturated rings. The second-order valence-electron chi connectivity index (χ2n) is 8.06. The van der Waals surface area contributed by atoms with Crippen molar-refractivity contribution in [2.75, 3.05) is 7.11 Å². The summed E-state index contributed by atoms with van der Waals surface area (Å²) in [7, 11) is 1.63. The van der Waals surface area contributed by atoms with E-state index in [9.17, 15) is 9.59 Å². The zero-order valence-electron chi connectivity index (χ0n) is 16.8. The lowest BCUT2D eigenvalue weighted by molar-refractivity contribution is -0.184. The first-order valence-corrected chi connectivity index (χ1v) is 9.11. The fourth-order valence-corrected chi connectivity index (χ4v) is 3.84. The highest BCUT2D eigenvalue weighted by Gasteiger charge is 2.53. The average Bonchev–Trinajstić information content (AvgIpc) is 2.61. The van der Waals surface area contributed by atoms with Gasteiger partial charge in [0.05, 0.1) is 7.11 Å². The van der Waals surface area contributed by atoms with Gasteiger partial charge in [0.25, 0.3) is 0 Å². The molecule has 1 heterocycles. The van der Waals surface area contributed by atoms with E-state index >= 15 is 0 Å². The first-order valence-electron chi connectivity index (χ1n) is 9.11. The molecular formula is C23H26O4. The first-order chi connectivity index (χ1) is 12.6. The van der Waals surface area contributed by atoms with Crippen LogP contribution in [0.5, 0.6) is 5.75 Å². The third-order valence-electron chi connectivity index (χ3n) is 5.23. The summed E-state index contributed by atoms with van der Waals surface area (Å²) >= 11 is 0. The molecule has 2 aromatic carbocycles. The van der Waals surface area contributed by atoms with Crippen LogP contribution < -0.4 is 4.74 Å². The minimum atomic E-state index is -1.02. The minimum absolute atomic E-state index is 0.202. The summed E-state index contributed by atoms with van der Waals surface area (Å²) in [6, 6.07) is 13.6. The molecule has 0 spiro atoms. The summed E-state index contributed by atoms with van der Waals surface area (Å²) in [4.78, 5) is 26.2. The van der Waals surface area contributed by atoms with Gasteiger partial charge in [-0.05, 0) is 63.4 Å². The van der Waals surface area contributed by atoms with Gasteiger partial charge in [0.1, 0.15) is 22.9 Å². The van der Waals surface area contributed by atoms with E-state index in [0.717, 1.165) is 28.0 Å². The lowest BCUT2D eigenvalue weighted by Crippen LogP contribution is -2.58. The van der Waals surface area contributed by atoms with Crippen LogP contribution in [0.3, 0.4) is 0 Å². The molecule has 1 aliphatic rings. The fraction of sp³-hybridized carbons (Fsp3) is 0.391. The molecule has 2 aromatic rings. The standard InChI is InChI=1S/C23H26O4/c1-14-11-12-15(16-9-7-8-10-18(16)26-6)13-17(14)19-20(24)22(2,3)27-23(4,5)21(19)25/h7-13,19H,1-6H3. The van der Waals surface area contributed by atoms with E-state index in [-0.39, 0.29) is 11.6 Å². The van der Waals surface area contributed by atoms with Crippen molar-refractivity contribution in [1.29, 1.82) is 0 Å². The van der Waals surface area contributed by atoms with Crippen LogP contribution in [0.2, 0.25) is 0 Å². The number of hydrogen-bond acceptors (Lipinski definition) is 4. The number of aryl methyl sites for hydroxylation is 1. The molecule has 4 nitrogen and oxygen atoms in total. The van der Waals surface area contributed by atoms with Gasteiger partial charge in [-0.25, -0.2) is 0 Å². The zero-order valence-corrected chi connectivity index (χ0v) is 16.8. The Kier molecular flexibility index (Phi) is 4.73. The molecule has 4 heteroatoms. The van der Waals surface area contributed by atoms with Crippen molar-refractivity contribution in [2.45, 2.75) is 51.7 Å². The Hall–Kier alpha value is -2.46. The van der Waals surface area contributed by atoms with E-state index in [1.165, 1.54) is 0 Å². The van der Waals surface area contributed by atoms with Gasteiger partial charge in [0, 0.05) is 5.56 Å². The van der Waals surface area contributed by atoms with Crippen LogP contribution in [0.4, 0.5) is 0 Å². The average molecular weight is 366 g/mol. The van der Waals surface area contributed by atoms with Crippen molar-refractivity contribution in [2.24, 2.45) is 0 Å². The molecule has 142 valence electrons. The van der Waals surface area contributed by atoms with E-state index in [4.69, 9.17) is 9.47 Å². The maximum Gasteiger partial charge on any atom is 0.179 e. The Morgan fingerprint density at radius 3 is 2.11 bits per heavy atom. The maximum absolute atomic E-state index is 13.1. The zero-order chi connectivity index (χ0) is 20.0. The van der Waals surface area contributed by atoms with Gasteiger partial charge in [0.15, 0.2) is 11.6 Å². The Balaban J connectivity index is 2.16. The number of ketones is 2. The van der Waals surface area contributed by atoms with Crippen molar-refractivity contribution >= 4 is 11.6 Å². The molecule has 0 atom stereocenters. The molecule has 0 N–H and O–H groups in total. The van der Waals surface area contributed by atoms with Gasteiger partial charge in [-0.3, -0.25) is 9.59 Å². The summed E-state index contributed by atoms with van der Waals surface area (Å²) in [5.74, 6) is -0.491. The Morgan fingerprint density at radius 2 is 1.52 bits per heavy atom. The topological polar surface area (TPSA) is 52.6 Å². The normalized spacial score (nSPS) is 19.2. The Labute approximate surface area is 160 Å². The van der Waals surface area contributed by atoms with E-state index in [0.29, 0.717) is 0 Å². The molecule has 27 heavy (non-hydrogen) atoms. The van der Waals surface area contributed by atoms with E-state index in [1.54, 1.807) is 34.8 Å². The molecule has 0 saturated carbocycles. The molecule has 0 unspecified atom stereocenters. The highest BCUT2D eigenvalue weighted by atomic mass is 16.5. The van der Waals surface area contributed by atoms with Crippen LogP contribution in [0.1, 0.15) is 44.7 Å². The van der Waals surface area contributed by atoms with Gasteiger partial charge in [0.2, 0.25) is 0 Å². The monoisotopic (exact) mass is 366 g/mol. The smallest absolute Gasteiger partial charge is 0.179 e. The summed E-state index contributed by atoms with van der Waals surface area (Å²) in [5.41, 5.74) is 1.44. The lowest BCUT2D eigenvalue weighted by Gasteiger charge is -2.43. The predicted octanol–water partition coefficient (Wildman–Crippen LogP) is 4.48. The number of carbonyl (C=O) groups is 2. The number of para-hydroxylation sites is 1. The van der Waals surface area contributed by atoms with Gasteiger partial charge in [-0.2, -0.15) is 0 Å². The number of methoxy groups -OCH3 is 1. The molecule has 1 aliphatic heterocycles. The van der Waals surface area contributed by atoms with Crippen molar-refractivity contribution in [1.82, 2.24) is 0 Å². The van der Waals surface area contributed by atoms with Crippen molar-refractivity contribution in [3.05, 3.63) is 53.6 Å². The molecule has 0 aliphatic carbocycles. The molecule has 0 bridgehead atoms. The van der Waals surface area contributed by atoms with Crippen LogP contribution >= 0.6 is 0 Å². The van der Waals surface area contributed by atoms with Crippen molar-refractivity contribution in [3.8, 4) is 16.9 Å². The third kappa shape index (κ3) is 3.30. The predicted molar refractivity (Wildman–Crippen MR) is 105 cm³/mol. The van der Waals surface area contributed by atoms with E-state index < -0.39 is 17.1 Å². The van der Waals surface area contributed by atoms with E-state index in [1.807, 2.05) is 49.4 Å². The molecular weight excluding hydrogens is 340 g/mol. The summed E-state index contributed by atoms with van der Waals surface area (Å²) < 4.78 is 11.3. The van der Waals surface area contributed by atoms with Gasteiger partial charge < -0.3 is 9.47 Å². The first kappa shape index (κ1) is 19.3. The summed E-state index contributed by atoms with van der Waals surface area (Å²) in [5, 5.41) is 0. The van der Waals surface area contributed by atoms with Crippen LogP contribution in [-0.2, 0) is 14.3 Å².